The van der Waals surface area contributed by atoms with Crippen molar-refractivity contribution in [3.8, 4) is 0 Å². The van der Waals surface area contributed by atoms with Crippen LogP contribution in [-0.2, 0) is 10.3 Å². The molecule has 0 aliphatic heterocycles. The fraction of sp³-hybridized carbons (Fsp3) is 0.400. The van der Waals surface area contributed by atoms with Crippen LogP contribution in [0.4, 0.5) is 0 Å². The molecule has 64 valence electrons. The van der Waals surface area contributed by atoms with Crippen molar-refractivity contribution in [3.63, 3.8) is 0 Å². The van der Waals surface area contributed by atoms with Crippen LogP contribution >= 0.6 is 0 Å². The normalized spacial score (nSPS) is 11.6. The fourth-order valence-electron chi connectivity index (χ4n) is 1.36. The summed E-state index contributed by atoms with van der Waals surface area (Å²) < 4.78 is 5.40. The molecule has 1 nitrogen and oxygen atoms in total. The smallest absolute Gasteiger partial charge is 0.258 e. The van der Waals surface area contributed by atoms with Crippen LogP contribution in [0.25, 0.3) is 0 Å². The third kappa shape index (κ3) is 1.70. The molecule has 1 rings (SSSR count). The predicted octanol–water partition coefficient (Wildman–Crippen LogP) is 1.79. The molecule has 0 fully saturated rings. The third-order valence-electron chi connectivity index (χ3n) is 2.30. The molecule has 0 aliphatic carbocycles. The average molecular weight is 162 g/mol. The molecule has 0 aromatic heterocycles. The predicted molar refractivity (Wildman–Crippen MR) is 53.8 cm³/mol. The van der Waals surface area contributed by atoms with E-state index in [1.54, 1.807) is 8.05 Å². The highest BCUT2D eigenvalue weighted by atomic mass is 16.4. The lowest BCUT2D eigenvalue weighted by atomic mass is 9.93. The molecule has 0 saturated carbocycles. The molecular formula is C10H15BO. The Balaban J connectivity index is 3.10. The lowest BCUT2D eigenvalue weighted by Gasteiger charge is -2.26. The lowest BCUT2D eigenvalue weighted by Crippen LogP contribution is -2.21. The zero-order valence-corrected chi connectivity index (χ0v) is 8.22. The molecule has 0 spiro atoms. The zero-order chi connectivity index (χ0) is 9.19. The minimum Gasteiger partial charge on any atom is -0.435 e. The maximum absolute atomic E-state index is 5.40. The van der Waals surface area contributed by atoms with Gasteiger partial charge in [0.15, 0.2) is 0 Å². The Kier molecular flexibility index (Phi) is 2.58. The van der Waals surface area contributed by atoms with Crippen LogP contribution in [0.15, 0.2) is 24.3 Å². The van der Waals surface area contributed by atoms with Gasteiger partial charge in [0, 0.05) is 0 Å². The second-order valence-electron chi connectivity index (χ2n) is 3.53. The van der Waals surface area contributed by atoms with Crippen LogP contribution < -0.4 is 0 Å². The van der Waals surface area contributed by atoms with Gasteiger partial charge in [-0.15, -0.1) is 0 Å². The van der Waals surface area contributed by atoms with Crippen LogP contribution in [-0.4, -0.2) is 8.05 Å². The minimum absolute atomic E-state index is 0.175. The molecule has 2 heteroatoms. The molecule has 0 amide bonds. The van der Waals surface area contributed by atoms with Crippen molar-refractivity contribution in [2.75, 3.05) is 0 Å². The zero-order valence-electron chi connectivity index (χ0n) is 8.22. The van der Waals surface area contributed by atoms with Gasteiger partial charge in [-0.25, -0.2) is 0 Å². The third-order valence-corrected chi connectivity index (χ3v) is 2.30. The SMILES string of the molecule is BOC(C)(C)c1ccccc1C. The number of hydrogen-bond donors (Lipinski definition) is 0. The molecule has 1 aromatic rings. The van der Waals surface area contributed by atoms with E-state index in [1.165, 1.54) is 11.1 Å². The maximum atomic E-state index is 5.40. The summed E-state index contributed by atoms with van der Waals surface area (Å²) in [6.45, 7) is 6.26. The first-order chi connectivity index (χ1) is 5.58. The van der Waals surface area contributed by atoms with Crippen LogP contribution in [0.3, 0.4) is 0 Å². The molecule has 0 atom stereocenters. The van der Waals surface area contributed by atoms with Gasteiger partial charge in [-0.1, -0.05) is 24.3 Å². The van der Waals surface area contributed by atoms with E-state index in [4.69, 9.17) is 4.65 Å². The summed E-state index contributed by atoms with van der Waals surface area (Å²) in [6, 6.07) is 8.31. The van der Waals surface area contributed by atoms with Gasteiger partial charge in [-0.2, -0.15) is 0 Å². The van der Waals surface area contributed by atoms with Crippen LogP contribution in [0, 0.1) is 6.92 Å². The van der Waals surface area contributed by atoms with E-state index in [-0.39, 0.29) is 5.60 Å². The largest absolute Gasteiger partial charge is 0.435 e. The Morgan fingerprint density at radius 2 is 1.83 bits per heavy atom. The van der Waals surface area contributed by atoms with Gasteiger partial charge in [0.1, 0.15) is 0 Å². The van der Waals surface area contributed by atoms with E-state index in [0.717, 1.165) is 0 Å². The first-order valence-electron chi connectivity index (χ1n) is 4.19. The van der Waals surface area contributed by atoms with E-state index in [9.17, 15) is 0 Å². The maximum Gasteiger partial charge on any atom is 0.258 e. The van der Waals surface area contributed by atoms with Crippen LogP contribution in [0.5, 0.6) is 0 Å². The van der Waals surface area contributed by atoms with E-state index >= 15 is 0 Å². The van der Waals surface area contributed by atoms with Crippen molar-refractivity contribution < 1.29 is 4.65 Å². The van der Waals surface area contributed by atoms with Crippen molar-refractivity contribution in [3.05, 3.63) is 35.4 Å². The second kappa shape index (κ2) is 3.32. The molecule has 12 heavy (non-hydrogen) atoms. The van der Waals surface area contributed by atoms with Crippen molar-refractivity contribution in [2.24, 2.45) is 0 Å². The van der Waals surface area contributed by atoms with Crippen molar-refractivity contribution in [2.45, 2.75) is 26.4 Å². The Hall–Kier alpha value is -0.755. The quantitative estimate of drug-likeness (QED) is 0.602. The molecule has 0 bridgehead atoms. The van der Waals surface area contributed by atoms with Gasteiger partial charge in [-0.05, 0) is 31.9 Å². The summed E-state index contributed by atoms with van der Waals surface area (Å²) in [6.07, 6.45) is 0. The molecule has 0 radical (unpaired) electrons. The summed E-state index contributed by atoms with van der Waals surface area (Å²) in [5, 5.41) is 0. The second-order valence-corrected chi connectivity index (χ2v) is 3.53. The molecule has 0 heterocycles. The topological polar surface area (TPSA) is 9.23 Å². The molecule has 0 aliphatic rings. The number of aryl methyl sites for hydroxylation is 1. The van der Waals surface area contributed by atoms with Gasteiger partial charge in [0.2, 0.25) is 0 Å². The molecule has 1 aromatic carbocycles. The molecule has 0 N–H and O–H groups in total. The van der Waals surface area contributed by atoms with Crippen LogP contribution in [0.1, 0.15) is 25.0 Å². The van der Waals surface area contributed by atoms with Crippen molar-refractivity contribution in [1.82, 2.24) is 0 Å². The highest BCUT2D eigenvalue weighted by molar-refractivity contribution is 5.98. The van der Waals surface area contributed by atoms with Crippen molar-refractivity contribution >= 4 is 8.05 Å². The van der Waals surface area contributed by atoms with Gasteiger partial charge >= 0.3 is 0 Å². The lowest BCUT2D eigenvalue weighted by molar-refractivity contribution is 0.123. The standard InChI is InChI=1S/C10H15BO/c1-8-6-4-5-7-9(8)10(2,3)12-11/h4-7H,11H2,1-3H3. The Morgan fingerprint density at radius 3 is 2.33 bits per heavy atom. The summed E-state index contributed by atoms with van der Waals surface area (Å²) >= 11 is 0. The van der Waals surface area contributed by atoms with E-state index in [0.29, 0.717) is 0 Å². The first kappa shape index (κ1) is 9.33. The average Bonchev–Trinajstić information content (AvgIpc) is 2.05. The summed E-state index contributed by atoms with van der Waals surface area (Å²) in [7, 11) is 1.74. The van der Waals surface area contributed by atoms with E-state index in [1.807, 2.05) is 12.1 Å². The number of rotatable bonds is 2. The van der Waals surface area contributed by atoms with Crippen LogP contribution in [0.2, 0.25) is 0 Å². The van der Waals surface area contributed by atoms with E-state index in [2.05, 4.69) is 32.9 Å². The Bertz CT molecular complexity index is 268. The molecule has 0 saturated heterocycles. The molecule has 0 unspecified atom stereocenters. The number of benzene rings is 1. The monoisotopic (exact) mass is 162 g/mol. The van der Waals surface area contributed by atoms with Gasteiger partial charge in [0.25, 0.3) is 8.05 Å². The summed E-state index contributed by atoms with van der Waals surface area (Å²) in [4.78, 5) is 0. The highest BCUT2D eigenvalue weighted by Crippen LogP contribution is 2.25. The first-order valence-corrected chi connectivity index (χ1v) is 4.19. The Morgan fingerprint density at radius 1 is 1.25 bits per heavy atom. The number of hydrogen-bond acceptors (Lipinski definition) is 1. The van der Waals surface area contributed by atoms with Gasteiger partial charge in [0.05, 0.1) is 5.60 Å². The minimum atomic E-state index is -0.175. The Labute approximate surface area is 75.2 Å². The highest BCUT2D eigenvalue weighted by Gasteiger charge is 2.19. The molecular weight excluding hydrogens is 147 g/mol. The van der Waals surface area contributed by atoms with Crippen molar-refractivity contribution in [1.29, 1.82) is 0 Å². The summed E-state index contributed by atoms with van der Waals surface area (Å²) in [5.74, 6) is 0. The van der Waals surface area contributed by atoms with E-state index < -0.39 is 0 Å². The summed E-state index contributed by atoms with van der Waals surface area (Å²) in [5.41, 5.74) is 2.36. The van der Waals surface area contributed by atoms with Gasteiger partial charge in [-0.3, -0.25) is 0 Å². The van der Waals surface area contributed by atoms with Gasteiger partial charge < -0.3 is 4.65 Å². The fourth-order valence-corrected chi connectivity index (χ4v) is 1.36.